The molecule has 0 spiro atoms. The van der Waals surface area contributed by atoms with Gasteiger partial charge in [-0.15, -0.1) is 0 Å². The van der Waals surface area contributed by atoms with Crippen LogP contribution in [0.1, 0.15) is 90.9 Å². The number of aliphatic hydroxyl groups excluding tert-OH is 1. The Hall–Kier alpha value is -1.10. The zero-order chi connectivity index (χ0) is 18.0. The summed E-state index contributed by atoms with van der Waals surface area (Å²) in [6, 6.07) is 0. The summed E-state index contributed by atoms with van der Waals surface area (Å²) in [6.07, 6.45) is 13.1. The van der Waals surface area contributed by atoms with Gasteiger partial charge in [-0.05, 0) is 6.42 Å². The molecule has 0 heterocycles. The van der Waals surface area contributed by atoms with Crippen LogP contribution in [0, 0.1) is 0 Å². The number of unbranched alkanes of at least 4 members (excludes halogenated alkanes) is 10. The van der Waals surface area contributed by atoms with Crippen molar-refractivity contribution in [1.29, 1.82) is 0 Å². The molecule has 0 rings (SSSR count). The highest BCUT2D eigenvalue weighted by atomic mass is 16.6. The molecule has 0 amide bonds. The third kappa shape index (κ3) is 15.8. The molecule has 5 nitrogen and oxygen atoms in total. The monoisotopic (exact) mass is 344 g/mol. The Bertz CT molecular complexity index is 317. The molecule has 0 aliphatic rings. The maximum Gasteiger partial charge on any atom is 0.306 e. The van der Waals surface area contributed by atoms with Gasteiger partial charge < -0.3 is 14.6 Å². The first kappa shape index (κ1) is 22.9. The van der Waals surface area contributed by atoms with Gasteiger partial charge in [0.25, 0.3) is 0 Å². The Morgan fingerprint density at radius 3 is 1.83 bits per heavy atom. The standard InChI is InChI=1S/C19H36O5/c1-3-4-5-6-7-8-9-10-11-12-13-14-19(22)24-18(15-20)16-23-17(2)21/h18,20H,3-16H2,1-2H3. The highest BCUT2D eigenvalue weighted by Gasteiger charge is 2.14. The van der Waals surface area contributed by atoms with E-state index in [1.54, 1.807) is 0 Å². The van der Waals surface area contributed by atoms with Crippen molar-refractivity contribution in [2.75, 3.05) is 13.2 Å². The van der Waals surface area contributed by atoms with E-state index in [1.807, 2.05) is 0 Å². The zero-order valence-corrected chi connectivity index (χ0v) is 15.6. The normalized spacial score (nSPS) is 12.0. The van der Waals surface area contributed by atoms with Crippen LogP contribution in [0.5, 0.6) is 0 Å². The third-order valence-electron chi connectivity index (χ3n) is 3.96. The minimum absolute atomic E-state index is 0.0875. The van der Waals surface area contributed by atoms with Crippen molar-refractivity contribution in [3.8, 4) is 0 Å². The fraction of sp³-hybridized carbons (Fsp3) is 0.895. The summed E-state index contributed by atoms with van der Waals surface area (Å²) >= 11 is 0. The van der Waals surface area contributed by atoms with Crippen LogP contribution in [0.25, 0.3) is 0 Å². The van der Waals surface area contributed by atoms with Gasteiger partial charge in [0.2, 0.25) is 0 Å². The van der Waals surface area contributed by atoms with Crippen molar-refractivity contribution in [3.63, 3.8) is 0 Å². The maximum atomic E-state index is 11.6. The van der Waals surface area contributed by atoms with E-state index >= 15 is 0 Å². The summed E-state index contributed by atoms with van der Waals surface area (Å²) < 4.78 is 9.81. The van der Waals surface area contributed by atoms with Gasteiger partial charge in [-0.1, -0.05) is 71.1 Å². The van der Waals surface area contributed by atoms with Gasteiger partial charge in [-0.25, -0.2) is 0 Å². The van der Waals surface area contributed by atoms with Crippen LogP contribution in [0.4, 0.5) is 0 Å². The van der Waals surface area contributed by atoms with Crippen molar-refractivity contribution in [2.24, 2.45) is 0 Å². The largest absolute Gasteiger partial charge is 0.462 e. The van der Waals surface area contributed by atoms with E-state index in [0.29, 0.717) is 6.42 Å². The van der Waals surface area contributed by atoms with Crippen LogP contribution >= 0.6 is 0 Å². The van der Waals surface area contributed by atoms with Gasteiger partial charge in [0.05, 0.1) is 6.61 Å². The highest BCUT2D eigenvalue weighted by molar-refractivity contribution is 5.69. The summed E-state index contributed by atoms with van der Waals surface area (Å²) in [5.41, 5.74) is 0. The fourth-order valence-corrected chi connectivity index (χ4v) is 2.51. The summed E-state index contributed by atoms with van der Waals surface area (Å²) in [6.45, 7) is 3.09. The Kier molecular flexibility index (Phi) is 16.0. The van der Waals surface area contributed by atoms with Gasteiger partial charge in [0.1, 0.15) is 6.61 Å². The van der Waals surface area contributed by atoms with E-state index in [9.17, 15) is 9.59 Å². The van der Waals surface area contributed by atoms with Crippen LogP contribution in [0.3, 0.4) is 0 Å². The Balaban J connectivity index is 3.43. The predicted molar refractivity (Wildman–Crippen MR) is 94.7 cm³/mol. The van der Waals surface area contributed by atoms with Gasteiger partial charge in [0, 0.05) is 13.3 Å². The summed E-state index contributed by atoms with van der Waals surface area (Å²) in [4.78, 5) is 22.3. The molecule has 142 valence electrons. The molecular weight excluding hydrogens is 308 g/mol. The van der Waals surface area contributed by atoms with Gasteiger partial charge in [-0.3, -0.25) is 9.59 Å². The Labute approximate surface area is 147 Å². The fourth-order valence-electron chi connectivity index (χ4n) is 2.51. The lowest BCUT2D eigenvalue weighted by molar-refractivity contribution is -0.160. The van der Waals surface area contributed by atoms with Crippen LogP contribution in [0.15, 0.2) is 0 Å². The predicted octanol–water partition coefficient (Wildman–Crippen LogP) is 4.15. The van der Waals surface area contributed by atoms with Crippen molar-refractivity contribution in [1.82, 2.24) is 0 Å². The van der Waals surface area contributed by atoms with Crippen LogP contribution in [-0.2, 0) is 19.1 Å². The van der Waals surface area contributed by atoms with Gasteiger partial charge >= 0.3 is 11.9 Å². The lowest BCUT2D eigenvalue weighted by Crippen LogP contribution is -2.28. The molecule has 0 saturated carbocycles. The summed E-state index contributed by atoms with van der Waals surface area (Å²) in [7, 11) is 0. The van der Waals surface area contributed by atoms with E-state index in [1.165, 1.54) is 58.3 Å². The van der Waals surface area contributed by atoms with Crippen molar-refractivity contribution in [2.45, 2.75) is 97.0 Å². The van der Waals surface area contributed by atoms with Crippen molar-refractivity contribution < 1.29 is 24.2 Å². The van der Waals surface area contributed by atoms with E-state index in [2.05, 4.69) is 6.92 Å². The number of ether oxygens (including phenoxy) is 2. The quantitative estimate of drug-likeness (QED) is 0.336. The molecule has 0 fully saturated rings. The number of esters is 2. The zero-order valence-electron chi connectivity index (χ0n) is 15.6. The lowest BCUT2D eigenvalue weighted by Gasteiger charge is -2.15. The molecule has 0 aromatic rings. The number of carbonyl (C=O) groups is 2. The minimum atomic E-state index is -0.755. The second-order valence-electron chi connectivity index (χ2n) is 6.38. The number of aliphatic hydroxyl groups is 1. The average molecular weight is 344 g/mol. The van der Waals surface area contributed by atoms with E-state index in [-0.39, 0.29) is 19.2 Å². The van der Waals surface area contributed by atoms with Gasteiger partial charge in [-0.2, -0.15) is 0 Å². The van der Waals surface area contributed by atoms with E-state index < -0.39 is 12.1 Å². The van der Waals surface area contributed by atoms with Crippen LogP contribution in [-0.4, -0.2) is 36.4 Å². The molecule has 0 bridgehead atoms. The van der Waals surface area contributed by atoms with Crippen molar-refractivity contribution >= 4 is 11.9 Å². The third-order valence-corrected chi connectivity index (χ3v) is 3.96. The topological polar surface area (TPSA) is 72.8 Å². The molecule has 0 saturated heterocycles. The number of carbonyl (C=O) groups excluding carboxylic acids is 2. The van der Waals surface area contributed by atoms with E-state index in [0.717, 1.165) is 19.3 Å². The first-order valence-electron chi connectivity index (χ1n) is 9.53. The van der Waals surface area contributed by atoms with Gasteiger partial charge in [0.15, 0.2) is 6.10 Å². The first-order valence-corrected chi connectivity index (χ1v) is 9.53. The Morgan fingerprint density at radius 1 is 0.875 bits per heavy atom. The van der Waals surface area contributed by atoms with Crippen molar-refractivity contribution in [3.05, 3.63) is 0 Å². The number of hydrogen-bond acceptors (Lipinski definition) is 5. The highest BCUT2D eigenvalue weighted by Crippen LogP contribution is 2.12. The lowest BCUT2D eigenvalue weighted by atomic mass is 10.1. The molecule has 5 heteroatoms. The molecule has 0 aliphatic heterocycles. The molecule has 24 heavy (non-hydrogen) atoms. The van der Waals surface area contributed by atoms with E-state index in [4.69, 9.17) is 14.6 Å². The molecule has 1 N–H and O–H groups in total. The molecular formula is C19H36O5. The molecule has 1 atom stereocenters. The average Bonchev–Trinajstić information content (AvgIpc) is 2.56. The summed E-state index contributed by atoms with van der Waals surface area (Å²) in [5.74, 6) is -0.785. The Morgan fingerprint density at radius 2 is 1.38 bits per heavy atom. The molecule has 0 radical (unpaired) electrons. The molecule has 0 aromatic heterocycles. The molecule has 0 aromatic carbocycles. The van der Waals surface area contributed by atoms with Crippen LogP contribution < -0.4 is 0 Å². The first-order chi connectivity index (χ1) is 11.6. The molecule has 0 aliphatic carbocycles. The minimum Gasteiger partial charge on any atom is -0.462 e. The number of rotatable bonds is 16. The van der Waals surface area contributed by atoms with Crippen LogP contribution in [0.2, 0.25) is 0 Å². The summed E-state index contributed by atoms with van der Waals surface area (Å²) in [5, 5.41) is 9.08. The number of hydrogen-bond donors (Lipinski definition) is 1. The molecule has 1 unspecified atom stereocenters. The smallest absolute Gasteiger partial charge is 0.306 e. The second-order valence-corrected chi connectivity index (χ2v) is 6.38. The SMILES string of the molecule is CCCCCCCCCCCCCC(=O)OC(CO)COC(C)=O. The maximum absolute atomic E-state index is 11.6. The second kappa shape index (κ2) is 16.7.